The zero-order chi connectivity index (χ0) is 13.0. The van der Waals surface area contributed by atoms with E-state index in [0.717, 1.165) is 17.9 Å². The molecule has 98 valence electrons. The first kappa shape index (κ1) is 13.0. The molecule has 0 aromatic carbocycles. The molecule has 0 spiro atoms. The molecule has 2 heterocycles. The highest BCUT2D eigenvalue weighted by molar-refractivity contribution is 7.99. The van der Waals surface area contributed by atoms with Crippen LogP contribution in [0.5, 0.6) is 11.5 Å². The number of nitrogens with zero attached hydrogens (tertiary/aromatic N) is 1. The van der Waals surface area contributed by atoms with Gasteiger partial charge in [-0.15, -0.1) is 0 Å². The first-order valence-corrected chi connectivity index (χ1v) is 6.77. The first-order valence-electron chi connectivity index (χ1n) is 5.61. The number of hydrogen-bond acceptors (Lipinski definition) is 6. The predicted molar refractivity (Wildman–Crippen MR) is 68.5 cm³/mol. The molecule has 0 N–H and O–H groups in total. The van der Waals surface area contributed by atoms with Crippen LogP contribution in [0.4, 0.5) is 0 Å². The maximum absolute atomic E-state index is 11.4. The number of esters is 1. The molecular formula is C12H15NO4S. The van der Waals surface area contributed by atoms with Gasteiger partial charge in [0.05, 0.1) is 20.4 Å². The summed E-state index contributed by atoms with van der Waals surface area (Å²) in [6.07, 6.45) is 2.64. The van der Waals surface area contributed by atoms with Gasteiger partial charge in [0.15, 0.2) is 17.2 Å². The van der Waals surface area contributed by atoms with Gasteiger partial charge in [-0.25, -0.2) is 9.78 Å². The van der Waals surface area contributed by atoms with Gasteiger partial charge in [-0.05, 0) is 12.2 Å². The van der Waals surface area contributed by atoms with Crippen LogP contribution in [0.25, 0.3) is 0 Å². The Morgan fingerprint density at radius 2 is 2.28 bits per heavy atom. The van der Waals surface area contributed by atoms with Gasteiger partial charge in [0, 0.05) is 11.8 Å². The summed E-state index contributed by atoms with van der Waals surface area (Å²) >= 11 is 1.86. The largest absolute Gasteiger partial charge is 0.491 e. The highest BCUT2D eigenvalue weighted by atomic mass is 32.2. The molecule has 2 rings (SSSR count). The zero-order valence-electron chi connectivity index (χ0n) is 10.3. The van der Waals surface area contributed by atoms with E-state index in [1.807, 2.05) is 11.8 Å². The predicted octanol–water partition coefficient (Wildman–Crippen LogP) is 1.76. The van der Waals surface area contributed by atoms with Gasteiger partial charge in [0.1, 0.15) is 6.10 Å². The smallest absolute Gasteiger partial charge is 0.356 e. The van der Waals surface area contributed by atoms with Crippen LogP contribution < -0.4 is 9.47 Å². The summed E-state index contributed by atoms with van der Waals surface area (Å²) in [5.74, 6) is 2.64. The van der Waals surface area contributed by atoms with Crippen LogP contribution in [0, 0.1) is 0 Å². The van der Waals surface area contributed by atoms with Crippen LogP contribution in [0.15, 0.2) is 12.3 Å². The maximum Gasteiger partial charge on any atom is 0.356 e. The molecule has 0 radical (unpaired) electrons. The molecule has 1 aromatic rings. The van der Waals surface area contributed by atoms with Gasteiger partial charge in [0.25, 0.3) is 0 Å². The molecule has 1 aliphatic heterocycles. The molecule has 0 amide bonds. The minimum atomic E-state index is -0.483. The van der Waals surface area contributed by atoms with Crippen molar-refractivity contribution in [3.8, 4) is 11.5 Å². The molecule has 0 saturated carbocycles. The molecule has 1 fully saturated rings. The topological polar surface area (TPSA) is 57.7 Å². The zero-order valence-corrected chi connectivity index (χ0v) is 11.2. The molecule has 1 saturated heterocycles. The van der Waals surface area contributed by atoms with E-state index in [2.05, 4.69) is 9.72 Å². The summed E-state index contributed by atoms with van der Waals surface area (Å²) in [7, 11) is 2.87. The number of ether oxygens (including phenoxy) is 3. The third-order valence-corrected chi connectivity index (χ3v) is 3.76. The first-order chi connectivity index (χ1) is 8.74. The SMILES string of the molecule is COC(=O)c1cc(OC2CCSC2)c(OC)cn1. The second-order valence-corrected chi connectivity index (χ2v) is 4.97. The maximum atomic E-state index is 11.4. The third kappa shape index (κ3) is 2.87. The fraction of sp³-hybridized carbons (Fsp3) is 0.500. The summed E-state index contributed by atoms with van der Waals surface area (Å²) in [6.45, 7) is 0. The Labute approximate surface area is 110 Å². The van der Waals surface area contributed by atoms with E-state index in [9.17, 15) is 4.79 Å². The van der Waals surface area contributed by atoms with E-state index in [-0.39, 0.29) is 11.8 Å². The Morgan fingerprint density at radius 3 is 2.89 bits per heavy atom. The van der Waals surface area contributed by atoms with E-state index in [1.165, 1.54) is 13.3 Å². The van der Waals surface area contributed by atoms with Gasteiger partial charge in [-0.1, -0.05) is 0 Å². The summed E-state index contributed by atoms with van der Waals surface area (Å²) in [6, 6.07) is 1.56. The Balaban J connectivity index is 2.21. The number of thioether (sulfide) groups is 1. The van der Waals surface area contributed by atoms with Gasteiger partial charge < -0.3 is 14.2 Å². The van der Waals surface area contributed by atoms with Crippen molar-refractivity contribution >= 4 is 17.7 Å². The standard InChI is InChI=1S/C12H15NO4S/c1-15-11-6-13-9(12(14)16-2)5-10(11)17-8-3-4-18-7-8/h5-6,8H,3-4,7H2,1-2H3. The number of methoxy groups -OCH3 is 2. The van der Waals surface area contributed by atoms with Crippen molar-refractivity contribution in [3.05, 3.63) is 18.0 Å². The molecule has 1 aliphatic rings. The average Bonchev–Trinajstić information content (AvgIpc) is 2.90. The van der Waals surface area contributed by atoms with Crippen LogP contribution >= 0.6 is 11.8 Å². The van der Waals surface area contributed by atoms with Crippen LogP contribution in [0.1, 0.15) is 16.9 Å². The molecule has 0 bridgehead atoms. The molecule has 1 aromatic heterocycles. The summed E-state index contributed by atoms with van der Waals surface area (Å²) in [5, 5.41) is 0. The summed E-state index contributed by atoms with van der Waals surface area (Å²) in [4.78, 5) is 15.4. The van der Waals surface area contributed by atoms with Crippen molar-refractivity contribution < 1.29 is 19.0 Å². The minimum Gasteiger partial charge on any atom is -0.491 e. The fourth-order valence-electron chi connectivity index (χ4n) is 1.67. The second-order valence-electron chi connectivity index (χ2n) is 3.82. The lowest BCUT2D eigenvalue weighted by atomic mass is 10.3. The van der Waals surface area contributed by atoms with E-state index >= 15 is 0 Å². The Kier molecular flexibility index (Phi) is 4.30. The highest BCUT2D eigenvalue weighted by Gasteiger charge is 2.20. The van der Waals surface area contributed by atoms with Crippen LogP contribution in [-0.2, 0) is 4.74 Å². The van der Waals surface area contributed by atoms with Crippen molar-refractivity contribution in [2.24, 2.45) is 0 Å². The Bertz CT molecular complexity index is 432. The molecule has 18 heavy (non-hydrogen) atoms. The van der Waals surface area contributed by atoms with Crippen LogP contribution in [0.3, 0.4) is 0 Å². The number of rotatable bonds is 4. The number of carbonyl (C=O) groups excluding carboxylic acids is 1. The van der Waals surface area contributed by atoms with Gasteiger partial charge in [0.2, 0.25) is 0 Å². The van der Waals surface area contributed by atoms with E-state index < -0.39 is 5.97 Å². The quantitative estimate of drug-likeness (QED) is 0.776. The van der Waals surface area contributed by atoms with Gasteiger partial charge >= 0.3 is 5.97 Å². The lowest BCUT2D eigenvalue weighted by molar-refractivity contribution is 0.0593. The molecule has 0 aliphatic carbocycles. The highest BCUT2D eigenvalue weighted by Crippen LogP contribution is 2.30. The van der Waals surface area contributed by atoms with Crippen molar-refractivity contribution in [2.45, 2.75) is 12.5 Å². The molecule has 1 atom stereocenters. The Hall–Kier alpha value is -1.43. The monoisotopic (exact) mass is 269 g/mol. The van der Waals surface area contributed by atoms with E-state index in [0.29, 0.717) is 11.5 Å². The molecule has 1 unspecified atom stereocenters. The van der Waals surface area contributed by atoms with E-state index in [1.54, 1.807) is 13.2 Å². The van der Waals surface area contributed by atoms with Gasteiger partial charge in [-0.3, -0.25) is 0 Å². The minimum absolute atomic E-state index is 0.164. The van der Waals surface area contributed by atoms with Crippen LogP contribution in [0.2, 0.25) is 0 Å². The van der Waals surface area contributed by atoms with Crippen LogP contribution in [-0.4, -0.2) is 42.8 Å². The number of carbonyl (C=O) groups is 1. The van der Waals surface area contributed by atoms with Crippen molar-refractivity contribution in [1.29, 1.82) is 0 Å². The number of hydrogen-bond donors (Lipinski definition) is 0. The lowest BCUT2D eigenvalue weighted by Gasteiger charge is -2.15. The number of pyridine rings is 1. The summed E-state index contributed by atoms with van der Waals surface area (Å²) < 4.78 is 15.6. The molecule has 6 heteroatoms. The molecular weight excluding hydrogens is 254 g/mol. The van der Waals surface area contributed by atoms with Crippen molar-refractivity contribution in [2.75, 3.05) is 25.7 Å². The fourth-order valence-corrected chi connectivity index (χ4v) is 2.77. The Morgan fingerprint density at radius 1 is 1.44 bits per heavy atom. The lowest BCUT2D eigenvalue weighted by Crippen LogP contribution is -2.16. The van der Waals surface area contributed by atoms with Crippen molar-refractivity contribution in [3.63, 3.8) is 0 Å². The van der Waals surface area contributed by atoms with E-state index in [4.69, 9.17) is 9.47 Å². The third-order valence-electron chi connectivity index (χ3n) is 2.63. The summed E-state index contributed by atoms with van der Waals surface area (Å²) in [5.41, 5.74) is 0.221. The molecule has 5 nitrogen and oxygen atoms in total. The van der Waals surface area contributed by atoms with Crippen molar-refractivity contribution in [1.82, 2.24) is 4.98 Å². The second kappa shape index (κ2) is 5.95. The van der Waals surface area contributed by atoms with Gasteiger partial charge in [-0.2, -0.15) is 11.8 Å². The normalized spacial score (nSPS) is 18.4. The number of aromatic nitrogens is 1. The average molecular weight is 269 g/mol.